The van der Waals surface area contributed by atoms with Crippen molar-refractivity contribution >= 4 is 17.3 Å². The number of aliphatic carboxylic acids is 1. The van der Waals surface area contributed by atoms with Crippen LogP contribution in [0.2, 0.25) is 0 Å². The first-order chi connectivity index (χ1) is 10.5. The highest BCUT2D eigenvalue weighted by Gasteiger charge is 2.25. The largest absolute Gasteiger partial charge is 0.479 e. The standard InChI is InChI=1S/C8H11NOS.C8H8O3/c9-8-5-3-4-11-7(5)2-1-6(8)10;9-7(8(10)11)6-4-2-1-3-5-6/h3-4,6,8,10H,1-2,9H2;1-5,7,9H,(H,10,11)/t6-,8+;7-/m10/s1. The van der Waals surface area contributed by atoms with E-state index in [9.17, 15) is 9.90 Å². The van der Waals surface area contributed by atoms with Gasteiger partial charge in [0.1, 0.15) is 0 Å². The molecular formula is C16H19NO4S. The number of aliphatic hydroxyl groups is 2. The second-order valence-electron chi connectivity index (χ2n) is 5.08. The summed E-state index contributed by atoms with van der Waals surface area (Å²) in [7, 11) is 0. The van der Waals surface area contributed by atoms with Gasteiger partial charge in [0, 0.05) is 4.88 Å². The van der Waals surface area contributed by atoms with Crippen LogP contribution >= 0.6 is 11.3 Å². The molecule has 1 aliphatic rings. The Morgan fingerprint density at radius 1 is 1.27 bits per heavy atom. The van der Waals surface area contributed by atoms with Gasteiger partial charge in [0.05, 0.1) is 12.1 Å². The molecule has 0 radical (unpaired) electrons. The van der Waals surface area contributed by atoms with Crippen molar-refractivity contribution < 1.29 is 20.1 Å². The van der Waals surface area contributed by atoms with Crippen LogP contribution in [0.3, 0.4) is 0 Å². The Morgan fingerprint density at radius 3 is 2.59 bits per heavy atom. The van der Waals surface area contributed by atoms with Gasteiger partial charge in [0.2, 0.25) is 0 Å². The molecule has 1 heterocycles. The number of carboxylic acid groups (broad SMARTS) is 1. The third-order valence-electron chi connectivity index (χ3n) is 3.57. The molecule has 22 heavy (non-hydrogen) atoms. The summed E-state index contributed by atoms with van der Waals surface area (Å²) in [6, 6.07) is 10.1. The van der Waals surface area contributed by atoms with Gasteiger partial charge in [0.15, 0.2) is 6.10 Å². The molecule has 0 saturated heterocycles. The molecule has 0 saturated carbocycles. The number of aryl methyl sites for hydroxylation is 1. The van der Waals surface area contributed by atoms with Gasteiger partial charge in [-0.05, 0) is 35.4 Å². The smallest absolute Gasteiger partial charge is 0.337 e. The molecule has 1 aliphatic carbocycles. The molecule has 5 N–H and O–H groups in total. The van der Waals surface area contributed by atoms with Crippen LogP contribution in [0.15, 0.2) is 41.8 Å². The zero-order valence-corrected chi connectivity index (χ0v) is 12.7. The van der Waals surface area contributed by atoms with Gasteiger partial charge in [-0.2, -0.15) is 0 Å². The van der Waals surface area contributed by atoms with E-state index in [0.29, 0.717) is 5.56 Å². The van der Waals surface area contributed by atoms with Crippen molar-refractivity contribution in [2.75, 3.05) is 0 Å². The lowest BCUT2D eigenvalue weighted by atomic mass is 9.92. The van der Waals surface area contributed by atoms with Gasteiger partial charge in [-0.1, -0.05) is 30.3 Å². The van der Waals surface area contributed by atoms with Crippen molar-refractivity contribution in [3.05, 3.63) is 57.8 Å². The molecule has 3 rings (SSSR count). The number of aliphatic hydroxyl groups excluding tert-OH is 2. The van der Waals surface area contributed by atoms with E-state index in [1.807, 2.05) is 11.4 Å². The lowest BCUT2D eigenvalue weighted by molar-refractivity contribution is -0.146. The van der Waals surface area contributed by atoms with Gasteiger partial charge in [0.25, 0.3) is 0 Å². The predicted octanol–water partition coefficient (Wildman–Crippen LogP) is 1.86. The molecule has 3 atom stereocenters. The highest BCUT2D eigenvalue weighted by molar-refractivity contribution is 7.10. The second kappa shape index (κ2) is 7.51. The third-order valence-corrected chi connectivity index (χ3v) is 4.57. The van der Waals surface area contributed by atoms with Crippen LogP contribution in [0.4, 0.5) is 0 Å². The number of hydrogen-bond donors (Lipinski definition) is 4. The third kappa shape index (κ3) is 3.92. The van der Waals surface area contributed by atoms with E-state index in [1.54, 1.807) is 41.7 Å². The Hall–Kier alpha value is -1.73. The van der Waals surface area contributed by atoms with E-state index in [1.165, 1.54) is 4.88 Å². The van der Waals surface area contributed by atoms with Gasteiger partial charge < -0.3 is 21.1 Å². The summed E-state index contributed by atoms with van der Waals surface area (Å²) in [6.45, 7) is 0. The second-order valence-corrected chi connectivity index (χ2v) is 6.08. The van der Waals surface area contributed by atoms with Gasteiger partial charge in [-0.25, -0.2) is 4.79 Å². The molecule has 1 aromatic heterocycles. The molecule has 0 bridgehead atoms. The Labute approximate surface area is 132 Å². The van der Waals surface area contributed by atoms with E-state index >= 15 is 0 Å². The zero-order valence-electron chi connectivity index (χ0n) is 11.9. The molecule has 1 aromatic carbocycles. The van der Waals surface area contributed by atoms with Crippen LogP contribution in [-0.4, -0.2) is 27.4 Å². The van der Waals surface area contributed by atoms with E-state index in [2.05, 4.69) is 0 Å². The Balaban J connectivity index is 0.000000160. The van der Waals surface area contributed by atoms with Gasteiger partial charge in [-0.15, -0.1) is 11.3 Å². The highest BCUT2D eigenvalue weighted by Crippen LogP contribution is 2.31. The minimum absolute atomic E-state index is 0.148. The summed E-state index contributed by atoms with van der Waals surface area (Å²) in [4.78, 5) is 11.6. The maximum atomic E-state index is 10.2. The van der Waals surface area contributed by atoms with Crippen LogP contribution in [-0.2, 0) is 11.2 Å². The van der Waals surface area contributed by atoms with Gasteiger partial charge in [-0.3, -0.25) is 0 Å². The number of carbonyl (C=O) groups is 1. The monoisotopic (exact) mass is 321 g/mol. The van der Waals surface area contributed by atoms with Crippen molar-refractivity contribution in [3.8, 4) is 0 Å². The Bertz CT molecular complexity index is 614. The first-order valence-electron chi connectivity index (χ1n) is 6.96. The Morgan fingerprint density at radius 2 is 1.95 bits per heavy atom. The number of nitrogens with two attached hydrogens (primary N) is 1. The molecule has 118 valence electrons. The number of fused-ring (bicyclic) bond motifs is 1. The number of hydrogen-bond acceptors (Lipinski definition) is 5. The first-order valence-corrected chi connectivity index (χ1v) is 7.84. The van der Waals surface area contributed by atoms with Crippen LogP contribution < -0.4 is 5.73 Å². The molecule has 0 aliphatic heterocycles. The highest BCUT2D eigenvalue weighted by atomic mass is 32.1. The van der Waals surface area contributed by atoms with Crippen molar-refractivity contribution in [2.45, 2.75) is 31.1 Å². The minimum Gasteiger partial charge on any atom is -0.479 e. The number of carboxylic acids is 1. The molecule has 6 heteroatoms. The summed E-state index contributed by atoms with van der Waals surface area (Å²) in [5, 5.41) is 28.9. The maximum absolute atomic E-state index is 10.2. The normalized spacial score (nSPS) is 21.2. The molecule has 0 spiro atoms. The van der Waals surface area contributed by atoms with Crippen molar-refractivity contribution in [1.29, 1.82) is 0 Å². The average Bonchev–Trinajstić information content (AvgIpc) is 3.01. The van der Waals surface area contributed by atoms with Crippen molar-refractivity contribution in [3.63, 3.8) is 0 Å². The molecule has 0 unspecified atom stereocenters. The average molecular weight is 321 g/mol. The molecule has 5 nitrogen and oxygen atoms in total. The van der Waals surface area contributed by atoms with Crippen molar-refractivity contribution in [1.82, 2.24) is 0 Å². The summed E-state index contributed by atoms with van der Waals surface area (Å²) in [5.74, 6) is -1.23. The first kappa shape index (κ1) is 16.6. The van der Waals surface area contributed by atoms with Crippen molar-refractivity contribution in [2.24, 2.45) is 5.73 Å². The topological polar surface area (TPSA) is 104 Å². The van der Waals surface area contributed by atoms with E-state index < -0.39 is 12.1 Å². The number of rotatable bonds is 2. The van der Waals surface area contributed by atoms with E-state index in [0.717, 1.165) is 18.4 Å². The molecule has 2 aromatic rings. The minimum atomic E-state index is -1.41. The predicted molar refractivity (Wildman–Crippen MR) is 84.6 cm³/mol. The van der Waals surface area contributed by atoms with E-state index in [4.69, 9.17) is 15.9 Å². The number of thiophene rings is 1. The fraction of sp³-hybridized carbons (Fsp3) is 0.312. The van der Waals surface area contributed by atoms with Crippen LogP contribution in [0.1, 0.15) is 34.6 Å². The molecule has 0 fully saturated rings. The lowest BCUT2D eigenvalue weighted by Gasteiger charge is -2.24. The van der Waals surface area contributed by atoms with E-state index in [-0.39, 0.29) is 12.1 Å². The lowest BCUT2D eigenvalue weighted by Crippen LogP contribution is -2.30. The summed E-state index contributed by atoms with van der Waals surface area (Å²) in [6.07, 6.45) is 0.0598. The van der Waals surface area contributed by atoms with Crippen LogP contribution in [0, 0.1) is 0 Å². The van der Waals surface area contributed by atoms with Crippen LogP contribution in [0.25, 0.3) is 0 Å². The SMILES string of the molecule is N[C@H]1c2ccsc2CC[C@H]1O.O=C(O)[C@@H](O)c1ccccc1. The van der Waals surface area contributed by atoms with Crippen LogP contribution in [0.5, 0.6) is 0 Å². The maximum Gasteiger partial charge on any atom is 0.337 e. The summed E-state index contributed by atoms with van der Waals surface area (Å²) < 4.78 is 0. The quantitative estimate of drug-likeness (QED) is 0.676. The molecular weight excluding hydrogens is 302 g/mol. The summed E-state index contributed by atoms with van der Waals surface area (Å²) in [5.41, 5.74) is 7.34. The fourth-order valence-corrected chi connectivity index (χ4v) is 3.25. The Kier molecular flexibility index (Phi) is 5.68. The number of benzene rings is 1. The fourth-order valence-electron chi connectivity index (χ4n) is 2.29. The van der Waals surface area contributed by atoms with Gasteiger partial charge >= 0.3 is 5.97 Å². The summed E-state index contributed by atoms with van der Waals surface area (Å²) >= 11 is 1.74. The molecule has 0 amide bonds. The zero-order chi connectivity index (χ0) is 16.1.